The van der Waals surface area contributed by atoms with Gasteiger partial charge in [-0.1, -0.05) is 6.07 Å². The van der Waals surface area contributed by atoms with Crippen molar-refractivity contribution in [2.45, 2.75) is 26.8 Å². The van der Waals surface area contributed by atoms with Gasteiger partial charge >= 0.3 is 6.03 Å². The maximum absolute atomic E-state index is 12.6. The first-order valence-corrected chi connectivity index (χ1v) is 7.53. The minimum absolute atomic E-state index is 0.0197. The number of benzene rings is 1. The van der Waals surface area contributed by atoms with E-state index in [1.54, 1.807) is 23.1 Å². The van der Waals surface area contributed by atoms with Crippen molar-refractivity contribution in [1.82, 2.24) is 10.2 Å². The Kier molecular flexibility index (Phi) is 5.38. The fourth-order valence-electron chi connectivity index (χ4n) is 2.36. The molecule has 0 atom stereocenters. The van der Waals surface area contributed by atoms with Gasteiger partial charge in [0.1, 0.15) is 0 Å². The van der Waals surface area contributed by atoms with E-state index in [9.17, 15) is 9.59 Å². The van der Waals surface area contributed by atoms with E-state index in [4.69, 9.17) is 4.74 Å². The molecule has 0 aliphatic carbocycles. The Hall–Kier alpha value is -2.08. The van der Waals surface area contributed by atoms with Crippen LogP contribution < -0.4 is 10.6 Å². The van der Waals surface area contributed by atoms with Gasteiger partial charge in [-0.25, -0.2) is 4.79 Å². The highest BCUT2D eigenvalue weighted by Gasteiger charge is 2.21. The maximum atomic E-state index is 12.6. The predicted octanol–water partition coefficient (Wildman–Crippen LogP) is 2.00. The zero-order valence-electron chi connectivity index (χ0n) is 13.3. The van der Waals surface area contributed by atoms with Crippen molar-refractivity contribution >= 4 is 17.6 Å². The van der Waals surface area contributed by atoms with Crippen LogP contribution in [-0.2, 0) is 4.74 Å². The van der Waals surface area contributed by atoms with Gasteiger partial charge in [-0.15, -0.1) is 0 Å². The van der Waals surface area contributed by atoms with Gasteiger partial charge in [0.25, 0.3) is 5.91 Å². The molecule has 6 heteroatoms. The number of carbonyl (C=O) groups is 2. The predicted molar refractivity (Wildman–Crippen MR) is 85.2 cm³/mol. The largest absolute Gasteiger partial charge is 0.378 e. The molecule has 1 aliphatic rings. The standard InChI is InChI=1S/C16H23N3O3/c1-11(2)17-16(21)18-14-6-4-5-13(12(14)3)15(20)19-7-9-22-10-8-19/h4-6,11H,7-10H2,1-3H3,(H2,17,18,21). The number of anilines is 1. The van der Waals surface area contributed by atoms with Gasteiger partial charge in [0.05, 0.1) is 13.2 Å². The van der Waals surface area contributed by atoms with Crippen LogP contribution in [-0.4, -0.2) is 49.2 Å². The minimum Gasteiger partial charge on any atom is -0.378 e. The van der Waals surface area contributed by atoms with E-state index in [2.05, 4.69) is 10.6 Å². The summed E-state index contributed by atoms with van der Waals surface area (Å²) >= 11 is 0. The second-order valence-corrected chi connectivity index (χ2v) is 5.64. The number of rotatable bonds is 3. The van der Waals surface area contributed by atoms with E-state index in [0.717, 1.165) is 5.56 Å². The Morgan fingerprint density at radius 1 is 1.23 bits per heavy atom. The highest BCUT2D eigenvalue weighted by Crippen LogP contribution is 2.21. The van der Waals surface area contributed by atoms with Gasteiger partial charge in [-0.05, 0) is 38.5 Å². The third-order valence-electron chi connectivity index (χ3n) is 3.53. The Morgan fingerprint density at radius 2 is 1.91 bits per heavy atom. The van der Waals surface area contributed by atoms with Gasteiger partial charge in [0, 0.05) is 30.4 Å². The Labute approximate surface area is 130 Å². The van der Waals surface area contributed by atoms with Gasteiger partial charge in [0.2, 0.25) is 0 Å². The zero-order valence-corrected chi connectivity index (χ0v) is 13.3. The monoisotopic (exact) mass is 305 g/mol. The van der Waals surface area contributed by atoms with Crippen LogP contribution in [0, 0.1) is 6.92 Å². The van der Waals surface area contributed by atoms with Crippen molar-refractivity contribution in [1.29, 1.82) is 0 Å². The zero-order chi connectivity index (χ0) is 16.1. The smallest absolute Gasteiger partial charge is 0.319 e. The van der Waals surface area contributed by atoms with Gasteiger partial charge in [0.15, 0.2) is 0 Å². The number of morpholine rings is 1. The summed E-state index contributed by atoms with van der Waals surface area (Å²) in [7, 11) is 0. The molecule has 0 bridgehead atoms. The van der Waals surface area contributed by atoms with E-state index in [1.165, 1.54) is 0 Å². The first kappa shape index (κ1) is 16.3. The van der Waals surface area contributed by atoms with Crippen LogP contribution in [0.5, 0.6) is 0 Å². The normalized spacial score (nSPS) is 14.8. The lowest BCUT2D eigenvalue weighted by Crippen LogP contribution is -2.41. The number of nitrogens with one attached hydrogen (secondary N) is 2. The molecule has 120 valence electrons. The maximum Gasteiger partial charge on any atom is 0.319 e. The van der Waals surface area contributed by atoms with Gasteiger partial charge in [-0.3, -0.25) is 4.79 Å². The molecule has 1 fully saturated rings. The molecule has 0 aromatic heterocycles. The molecule has 1 aliphatic heterocycles. The summed E-state index contributed by atoms with van der Waals surface area (Å²) in [5, 5.41) is 5.56. The summed E-state index contributed by atoms with van der Waals surface area (Å²) in [6.45, 7) is 7.97. The van der Waals surface area contributed by atoms with E-state index in [1.807, 2.05) is 20.8 Å². The molecule has 22 heavy (non-hydrogen) atoms. The van der Waals surface area contributed by atoms with Crippen molar-refractivity contribution in [3.8, 4) is 0 Å². The molecule has 1 saturated heterocycles. The number of amides is 3. The first-order chi connectivity index (χ1) is 10.5. The average molecular weight is 305 g/mol. The summed E-state index contributed by atoms with van der Waals surface area (Å²) in [5.74, 6) is -0.0197. The first-order valence-electron chi connectivity index (χ1n) is 7.53. The lowest BCUT2D eigenvalue weighted by Gasteiger charge is -2.27. The fraction of sp³-hybridized carbons (Fsp3) is 0.500. The number of hydrogen-bond donors (Lipinski definition) is 2. The lowest BCUT2D eigenvalue weighted by atomic mass is 10.1. The van der Waals surface area contributed by atoms with Crippen LogP contribution in [0.25, 0.3) is 0 Å². The third-order valence-corrected chi connectivity index (χ3v) is 3.53. The molecule has 0 unspecified atom stereocenters. The second-order valence-electron chi connectivity index (χ2n) is 5.64. The number of hydrogen-bond acceptors (Lipinski definition) is 3. The van der Waals surface area contributed by atoms with Crippen molar-refractivity contribution in [3.63, 3.8) is 0 Å². The number of carbonyl (C=O) groups excluding carboxylic acids is 2. The van der Waals surface area contributed by atoms with Crippen molar-refractivity contribution in [2.75, 3.05) is 31.6 Å². The number of urea groups is 1. The van der Waals surface area contributed by atoms with Crippen LogP contribution in [0.15, 0.2) is 18.2 Å². The SMILES string of the molecule is Cc1c(NC(=O)NC(C)C)cccc1C(=O)N1CCOCC1. The van der Waals surface area contributed by atoms with Crippen LogP contribution in [0.4, 0.5) is 10.5 Å². The number of nitrogens with zero attached hydrogens (tertiary/aromatic N) is 1. The summed E-state index contributed by atoms with van der Waals surface area (Å²) in [5.41, 5.74) is 2.04. The Balaban J connectivity index is 2.14. The molecular weight excluding hydrogens is 282 g/mol. The van der Waals surface area contributed by atoms with Crippen molar-refractivity contribution in [3.05, 3.63) is 29.3 Å². The quantitative estimate of drug-likeness (QED) is 0.897. The molecule has 6 nitrogen and oxygen atoms in total. The Bertz CT molecular complexity index is 552. The molecule has 1 heterocycles. The summed E-state index contributed by atoms with van der Waals surface area (Å²) in [4.78, 5) is 26.2. The molecule has 0 spiro atoms. The van der Waals surface area contributed by atoms with Crippen molar-refractivity contribution < 1.29 is 14.3 Å². The highest BCUT2D eigenvalue weighted by molar-refractivity contribution is 5.99. The molecule has 1 aromatic rings. The van der Waals surface area contributed by atoms with E-state index in [-0.39, 0.29) is 18.0 Å². The van der Waals surface area contributed by atoms with Crippen LogP contribution >= 0.6 is 0 Å². The topological polar surface area (TPSA) is 70.7 Å². The highest BCUT2D eigenvalue weighted by atomic mass is 16.5. The summed E-state index contributed by atoms with van der Waals surface area (Å²) in [6, 6.07) is 5.16. The van der Waals surface area contributed by atoms with Crippen molar-refractivity contribution in [2.24, 2.45) is 0 Å². The molecule has 0 radical (unpaired) electrons. The molecule has 0 saturated carbocycles. The van der Waals surface area contributed by atoms with E-state index >= 15 is 0 Å². The molecule has 3 amide bonds. The molecule has 2 rings (SSSR count). The lowest BCUT2D eigenvalue weighted by molar-refractivity contribution is 0.0302. The summed E-state index contributed by atoms with van der Waals surface area (Å²) < 4.78 is 5.27. The minimum atomic E-state index is -0.269. The number of ether oxygens (including phenoxy) is 1. The van der Waals surface area contributed by atoms with E-state index < -0.39 is 0 Å². The summed E-state index contributed by atoms with van der Waals surface area (Å²) in [6.07, 6.45) is 0. The Morgan fingerprint density at radius 3 is 2.55 bits per heavy atom. The van der Waals surface area contributed by atoms with Crippen LogP contribution in [0.3, 0.4) is 0 Å². The molecular formula is C16H23N3O3. The average Bonchev–Trinajstić information content (AvgIpc) is 2.49. The molecule has 2 N–H and O–H groups in total. The third kappa shape index (κ3) is 3.98. The van der Waals surface area contributed by atoms with Crippen LogP contribution in [0.2, 0.25) is 0 Å². The second kappa shape index (κ2) is 7.26. The van der Waals surface area contributed by atoms with Gasteiger partial charge < -0.3 is 20.3 Å². The fourth-order valence-corrected chi connectivity index (χ4v) is 2.36. The van der Waals surface area contributed by atoms with Gasteiger partial charge in [-0.2, -0.15) is 0 Å². The van der Waals surface area contributed by atoms with E-state index in [0.29, 0.717) is 37.6 Å². The molecule has 1 aromatic carbocycles. The van der Waals surface area contributed by atoms with Crippen LogP contribution in [0.1, 0.15) is 29.8 Å².